The van der Waals surface area contributed by atoms with Crippen LogP contribution in [0, 0.1) is 11.3 Å². The normalized spacial score (nSPS) is 10.4. The smallest absolute Gasteiger partial charge is 0.197 e. The third-order valence-corrected chi connectivity index (χ3v) is 3.97. The van der Waals surface area contributed by atoms with E-state index in [9.17, 15) is 0 Å². The maximum absolute atomic E-state index is 8.80. The van der Waals surface area contributed by atoms with E-state index in [-0.39, 0.29) is 0 Å². The number of pyridine rings is 1. The van der Waals surface area contributed by atoms with Crippen LogP contribution < -0.4 is 0 Å². The molecule has 1 aromatic carbocycles. The molecule has 0 fully saturated rings. The fourth-order valence-corrected chi connectivity index (χ4v) is 2.71. The first-order valence-electron chi connectivity index (χ1n) is 6.41. The van der Waals surface area contributed by atoms with Crippen molar-refractivity contribution in [1.82, 2.24) is 19.7 Å². The van der Waals surface area contributed by atoms with Crippen molar-refractivity contribution in [3.63, 3.8) is 0 Å². The van der Waals surface area contributed by atoms with Crippen LogP contribution in [0.5, 0.6) is 0 Å². The zero-order valence-corrected chi connectivity index (χ0v) is 12.9. The van der Waals surface area contributed by atoms with Crippen molar-refractivity contribution >= 4 is 23.4 Å². The van der Waals surface area contributed by atoms with Gasteiger partial charge in [-0.2, -0.15) is 5.26 Å². The first-order valence-corrected chi connectivity index (χ1v) is 7.77. The molecule has 0 aliphatic heterocycles. The lowest BCUT2D eigenvalue weighted by atomic mass is 10.2. The van der Waals surface area contributed by atoms with E-state index in [1.165, 1.54) is 11.8 Å². The van der Waals surface area contributed by atoms with Crippen molar-refractivity contribution in [3.05, 3.63) is 53.8 Å². The highest BCUT2D eigenvalue weighted by Crippen LogP contribution is 2.28. The molecule has 22 heavy (non-hydrogen) atoms. The van der Waals surface area contributed by atoms with Crippen LogP contribution in [-0.4, -0.2) is 25.5 Å². The Morgan fingerprint density at radius 2 is 1.82 bits per heavy atom. The maximum Gasteiger partial charge on any atom is 0.197 e. The topological polar surface area (TPSA) is 67.4 Å². The molecule has 0 N–H and O–H groups in total. The number of nitriles is 1. The summed E-state index contributed by atoms with van der Waals surface area (Å²) in [4.78, 5) is 4.02. The minimum atomic E-state index is 0.308. The first kappa shape index (κ1) is 14.6. The fourth-order valence-electron chi connectivity index (χ4n) is 1.97. The molecule has 0 saturated carbocycles. The summed E-state index contributed by atoms with van der Waals surface area (Å²) in [6, 6.07) is 13.3. The minimum absolute atomic E-state index is 0.308. The van der Waals surface area contributed by atoms with E-state index in [1.54, 1.807) is 12.4 Å². The lowest BCUT2D eigenvalue weighted by Crippen LogP contribution is -1.99. The second kappa shape index (κ2) is 6.60. The number of aromatic nitrogens is 4. The van der Waals surface area contributed by atoms with Crippen molar-refractivity contribution in [3.8, 4) is 23.1 Å². The van der Waals surface area contributed by atoms with Crippen LogP contribution in [0.15, 0.2) is 53.9 Å². The number of benzene rings is 1. The number of halogens is 1. The molecule has 5 nitrogen and oxygen atoms in total. The minimum Gasteiger partial charge on any atom is -0.270 e. The summed E-state index contributed by atoms with van der Waals surface area (Å²) in [5, 5.41) is 18.6. The van der Waals surface area contributed by atoms with Gasteiger partial charge in [0.2, 0.25) is 0 Å². The molecule has 0 aliphatic carbocycles. The molecule has 7 heteroatoms. The van der Waals surface area contributed by atoms with E-state index in [1.807, 2.05) is 41.0 Å². The Kier molecular flexibility index (Phi) is 4.37. The van der Waals surface area contributed by atoms with Gasteiger partial charge in [-0.25, -0.2) is 0 Å². The predicted molar refractivity (Wildman–Crippen MR) is 85.9 cm³/mol. The number of nitrogens with zero attached hydrogens (tertiary/aromatic N) is 5. The SMILES string of the molecule is N#CCSc1nnc(-c2ccncc2)n1-c1ccc(Cl)cc1. The molecule has 3 aromatic rings. The van der Waals surface area contributed by atoms with Crippen molar-refractivity contribution in [2.45, 2.75) is 5.16 Å². The second-order valence-corrected chi connectivity index (χ2v) is 5.68. The average Bonchev–Trinajstić information content (AvgIpc) is 2.98. The van der Waals surface area contributed by atoms with Crippen LogP contribution >= 0.6 is 23.4 Å². The molecule has 2 aromatic heterocycles. The van der Waals surface area contributed by atoms with Gasteiger partial charge in [0.1, 0.15) is 0 Å². The van der Waals surface area contributed by atoms with E-state index in [0.717, 1.165) is 11.3 Å². The van der Waals surface area contributed by atoms with Crippen LogP contribution in [0.4, 0.5) is 0 Å². The van der Waals surface area contributed by atoms with Crippen LogP contribution in [-0.2, 0) is 0 Å². The molecule has 0 atom stereocenters. The number of thioether (sulfide) groups is 1. The second-order valence-electron chi connectivity index (χ2n) is 4.30. The molecule has 0 amide bonds. The van der Waals surface area contributed by atoms with Gasteiger partial charge in [-0.1, -0.05) is 23.4 Å². The van der Waals surface area contributed by atoms with Crippen LogP contribution in [0.1, 0.15) is 0 Å². The third-order valence-electron chi connectivity index (χ3n) is 2.92. The summed E-state index contributed by atoms with van der Waals surface area (Å²) in [5.41, 5.74) is 1.79. The Balaban J connectivity index is 2.13. The van der Waals surface area contributed by atoms with Crippen molar-refractivity contribution in [2.24, 2.45) is 0 Å². The number of hydrogen-bond acceptors (Lipinski definition) is 5. The zero-order chi connectivity index (χ0) is 15.4. The quantitative estimate of drug-likeness (QED) is 0.685. The Labute approximate surface area is 136 Å². The van der Waals surface area contributed by atoms with Crippen LogP contribution in [0.3, 0.4) is 0 Å². The molecule has 0 unspecified atom stereocenters. The zero-order valence-electron chi connectivity index (χ0n) is 11.3. The summed E-state index contributed by atoms with van der Waals surface area (Å²) in [5.74, 6) is 1.01. The molecular formula is C15H10ClN5S. The molecule has 0 spiro atoms. The van der Waals surface area contributed by atoms with Gasteiger partial charge in [-0.15, -0.1) is 10.2 Å². The van der Waals surface area contributed by atoms with Gasteiger partial charge >= 0.3 is 0 Å². The Morgan fingerprint density at radius 1 is 1.09 bits per heavy atom. The van der Waals surface area contributed by atoms with Gasteiger partial charge in [0.15, 0.2) is 11.0 Å². The van der Waals surface area contributed by atoms with Crippen LogP contribution in [0.2, 0.25) is 5.02 Å². The molecule has 0 aliphatic rings. The van der Waals surface area contributed by atoms with Crippen molar-refractivity contribution in [2.75, 3.05) is 5.75 Å². The number of hydrogen-bond donors (Lipinski definition) is 0. The third kappa shape index (κ3) is 2.96. The summed E-state index contributed by atoms with van der Waals surface area (Å²) in [7, 11) is 0. The standard InChI is InChI=1S/C15H10ClN5S/c16-12-1-3-13(4-2-12)21-14(11-5-8-18-9-6-11)19-20-15(21)22-10-7-17/h1-6,8-9H,10H2. The largest absolute Gasteiger partial charge is 0.270 e. The summed E-state index contributed by atoms with van der Waals surface area (Å²) in [6.07, 6.45) is 3.41. The van der Waals surface area contributed by atoms with E-state index >= 15 is 0 Å². The van der Waals surface area contributed by atoms with E-state index in [2.05, 4.69) is 21.3 Å². The molecule has 2 heterocycles. The summed E-state index contributed by atoms with van der Waals surface area (Å²) in [6.45, 7) is 0. The van der Waals surface area contributed by atoms with Gasteiger partial charge in [0.05, 0.1) is 11.8 Å². The molecule has 0 radical (unpaired) electrons. The van der Waals surface area contributed by atoms with Crippen LogP contribution in [0.25, 0.3) is 17.1 Å². The van der Waals surface area contributed by atoms with Crippen molar-refractivity contribution < 1.29 is 0 Å². The average molecular weight is 328 g/mol. The lowest BCUT2D eigenvalue weighted by Gasteiger charge is -2.09. The van der Waals surface area contributed by atoms with Gasteiger partial charge < -0.3 is 0 Å². The molecule has 0 bridgehead atoms. The summed E-state index contributed by atoms with van der Waals surface area (Å²) >= 11 is 7.30. The van der Waals surface area contributed by atoms with Gasteiger partial charge in [0, 0.05) is 28.7 Å². The van der Waals surface area contributed by atoms with E-state index < -0.39 is 0 Å². The lowest BCUT2D eigenvalue weighted by molar-refractivity contribution is 0.888. The highest BCUT2D eigenvalue weighted by atomic mass is 35.5. The molecule has 0 saturated heterocycles. The Hall–Kier alpha value is -2.36. The fraction of sp³-hybridized carbons (Fsp3) is 0.0667. The Bertz CT molecular complexity index is 808. The molecule has 3 rings (SSSR count). The van der Waals surface area contributed by atoms with Gasteiger partial charge in [0.25, 0.3) is 0 Å². The molecular weight excluding hydrogens is 318 g/mol. The monoisotopic (exact) mass is 327 g/mol. The highest BCUT2D eigenvalue weighted by molar-refractivity contribution is 7.99. The number of rotatable bonds is 4. The Morgan fingerprint density at radius 3 is 2.50 bits per heavy atom. The molecule has 108 valence electrons. The van der Waals surface area contributed by atoms with E-state index in [4.69, 9.17) is 16.9 Å². The van der Waals surface area contributed by atoms with Gasteiger partial charge in [-0.3, -0.25) is 9.55 Å². The highest BCUT2D eigenvalue weighted by Gasteiger charge is 2.15. The van der Waals surface area contributed by atoms with Gasteiger partial charge in [-0.05, 0) is 36.4 Å². The maximum atomic E-state index is 8.80. The van der Waals surface area contributed by atoms with Crippen molar-refractivity contribution in [1.29, 1.82) is 5.26 Å². The summed E-state index contributed by atoms with van der Waals surface area (Å²) < 4.78 is 1.91. The van der Waals surface area contributed by atoms with E-state index in [0.29, 0.717) is 21.8 Å². The first-order chi connectivity index (χ1) is 10.8. The predicted octanol–water partition coefficient (Wildman–Crippen LogP) is 3.60.